The zero-order valence-corrected chi connectivity index (χ0v) is 12.7. The van der Waals surface area contributed by atoms with Gasteiger partial charge in [0.25, 0.3) is 0 Å². The average Bonchev–Trinajstić information content (AvgIpc) is 2.71. The maximum Gasteiger partial charge on any atom is 0.317 e. The molecule has 2 atom stereocenters. The second-order valence-corrected chi connectivity index (χ2v) is 6.47. The number of hydrogen-bond acceptors (Lipinski definition) is 2. The van der Waals surface area contributed by atoms with Gasteiger partial charge in [-0.3, -0.25) is 0 Å². The van der Waals surface area contributed by atoms with Crippen LogP contribution in [0.25, 0.3) is 0 Å². The Balaban J connectivity index is 1.48. The van der Waals surface area contributed by atoms with Crippen molar-refractivity contribution in [2.75, 3.05) is 19.6 Å². The van der Waals surface area contributed by atoms with Gasteiger partial charge in [-0.05, 0) is 30.9 Å². The summed E-state index contributed by atoms with van der Waals surface area (Å²) in [7, 11) is 0. The van der Waals surface area contributed by atoms with E-state index in [-0.39, 0.29) is 24.0 Å². The van der Waals surface area contributed by atoms with Crippen LogP contribution in [0.1, 0.15) is 18.4 Å². The van der Waals surface area contributed by atoms with Gasteiger partial charge in [-0.1, -0.05) is 29.8 Å². The maximum absolute atomic E-state index is 12.2. The summed E-state index contributed by atoms with van der Waals surface area (Å²) >= 11 is 6.10. The quantitative estimate of drug-likeness (QED) is 0.900. The fourth-order valence-corrected chi connectivity index (χ4v) is 3.71. The number of nitrogens with one attached hydrogen (secondary N) is 1. The molecule has 1 saturated heterocycles. The van der Waals surface area contributed by atoms with Gasteiger partial charge >= 0.3 is 6.03 Å². The number of piperidine rings is 1. The fourth-order valence-electron chi connectivity index (χ4n) is 3.48. The van der Waals surface area contributed by atoms with Crippen LogP contribution in [0.5, 0.6) is 0 Å². The molecule has 2 aliphatic rings. The predicted molar refractivity (Wildman–Crippen MR) is 82.3 cm³/mol. The van der Waals surface area contributed by atoms with E-state index < -0.39 is 0 Å². The van der Waals surface area contributed by atoms with Crippen molar-refractivity contribution in [3.05, 3.63) is 34.9 Å². The van der Waals surface area contributed by atoms with Gasteiger partial charge in [0.1, 0.15) is 0 Å². The van der Waals surface area contributed by atoms with E-state index in [9.17, 15) is 9.90 Å². The molecule has 0 radical (unpaired) electrons. The average molecular weight is 309 g/mol. The first-order valence-electron chi connectivity index (χ1n) is 7.59. The first-order chi connectivity index (χ1) is 10.1. The van der Waals surface area contributed by atoms with E-state index in [0.717, 1.165) is 29.8 Å². The number of likely N-dealkylation sites (tertiary alicyclic amines) is 1. The molecule has 1 saturated carbocycles. The van der Waals surface area contributed by atoms with Gasteiger partial charge in [0.05, 0.1) is 6.10 Å². The molecule has 21 heavy (non-hydrogen) atoms. The van der Waals surface area contributed by atoms with Crippen molar-refractivity contribution >= 4 is 17.6 Å². The summed E-state index contributed by atoms with van der Waals surface area (Å²) < 4.78 is 0. The van der Waals surface area contributed by atoms with E-state index in [0.29, 0.717) is 19.6 Å². The second-order valence-electron chi connectivity index (χ2n) is 6.07. The minimum atomic E-state index is -0.211. The molecule has 1 aliphatic carbocycles. The number of aliphatic hydroxyl groups is 1. The van der Waals surface area contributed by atoms with Crippen molar-refractivity contribution in [3.63, 3.8) is 0 Å². The zero-order chi connectivity index (χ0) is 14.8. The molecule has 1 aromatic carbocycles. The van der Waals surface area contributed by atoms with Crippen molar-refractivity contribution in [1.29, 1.82) is 0 Å². The van der Waals surface area contributed by atoms with Crippen LogP contribution >= 0.6 is 11.6 Å². The van der Waals surface area contributed by atoms with E-state index in [4.69, 9.17) is 11.6 Å². The molecule has 0 aromatic heterocycles. The minimum absolute atomic E-state index is 0.0224. The lowest BCUT2D eigenvalue weighted by Gasteiger charge is -2.35. The van der Waals surface area contributed by atoms with Crippen LogP contribution in [-0.4, -0.2) is 41.8 Å². The molecule has 0 spiro atoms. The molecule has 2 bridgehead atoms. The van der Waals surface area contributed by atoms with E-state index in [1.165, 1.54) is 0 Å². The number of aliphatic hydroxyl groups excluding tert-OH is 1. The Bertz CT molecular complexity index is 509. The zero-order valence-electron chi connectivity index (χ0n) is 12.0. The highest BCUT2D eigenvalue weighted by Crippen LogP contribution is 2.36. The molecule has 1 heterocycles. The topological polar surface area (TPSA) is 52.6 Å². The highest BCUT2D eigenvalue weighted by Gasteiger charge is 2.42. The number of nitrogens with zero attached hydrogens (tertiary/aromatic N) is 1. The first-order valence-corrected chi connectivity index (χ1v) is 7.97. The summed E-state index contributed by atoms with van der Waals surface area (Å²) in [6.07, 6.45) is 2.59. The molecule has 2 N–H and O–H groups in total. The summed E-state index contributed by atoms with van der Waals surface area (Å²) in [6.45, 7) is 1.93. The number of fused-ring (bicyclic) bond motifs is 2. The van der Waals surface area contributed by atoms with Crippen LogP contribution in [0.3, 0.4) is 0 Å². The predicted octanol–water partition coefficient (Wildman–Crippen LogP) is 2.29. The molecule has 2 fully saturated rings. The van der Waals surface area contributed by atoms with Gasteiger partial charge in [-0.15, -0.1) is 0 Å². The third-order valence-corrected chi connectivity index (χ3v) is 5.07. The summed E-state index contributed by atoms with van der Waals surface area (Å²) in [4.78, 5) is 14.0. The van der Waals surface area contributed by atoms with E-state index in [1.54, 1.807) is 0 Å². The SMILES string of the molecule is O=C(NCCc1ccccc1Cl)N1CC2CCC(C1)C2O. The van der Waals surface area contributed by atoms with Gasteiger partial charge in [0.15, 0.2) is 0 Å². The molecule has 5 heteroatoms. The lowest BCUT2D eigenvalue weighted by molar-refractivity contribution is 0.0304. The second kappa shape index (κ2) is 6.24. The molecule has 2 amide bonds. The number of benzene rings is 1. The molecule has 1 aromatic rings. The highest BCUT2D eigenvalue weighted by atomic mass is 35.5. The Morgan fingerprint density at radius 3 is 2.62 bits per heavy atom. The van der Waals surface area contributed by atoms with Crippen molar-refractivity contribution in [2.45, 2.75) is 25.4 Å². The smallest absolute Gasteiger partial charge is 0.317 e. The van der Waals surface area contributed by atoms with Crippen molar-refractivity contribution in [2.24, 2.45) is 11.8 Å². The largest absolute Gasteiger partial charge is 0.392 e. The maximum atomic E-state index is 12.2. The van der Waals surface area contributed by atoms with E-state index in [2.05, 4.69) is 5.32 Å². The lowest BCUT2D eigenvalue weighted by Crippen LogP contribution is -2.51. The Morgan fingerprint density at radius 2 is 1.95 bits per heavy atom. The van der Waals surface area contributed by atoms with E-state index in [1.807, 2.05) is 29.2 Å². The number of rotatable bonds is 3. The normalized spacial score (nSPS) is 27.7. The number of hydrogen-bond donors (Lipinski definition) is 2. The number of urea groups is 1. The summed E-state index contributed by atoms with van der Waals surface area (Å²) in [5.74, 6) is 0.524. The molecular formula is C16H21ClN2O2. The lowest BCUT2D eigenvalue weighted by atomic mass is 9.95. The van der Waals surface area contributed by atoms with Gasteiger partial charge in [0, 0.05) is 36.5 Å². The van der Waals surface area contributed by atoms with Gasteiger partial charge in [-0.25, -0.2) is 4.79 Å². The third-order valence-electron chi connectivity index (χ3n) is 4.70. The minimum Gasteiger partial charge on any atom is -0.392 e. The molecule has 3 rings (SSSR count). The number of carbonyl (C=O) groups is 1. The van der Waals surface area contributed by atoms with Crippen LogP contribution in [0, 0.1) is 11.8 Å². The van der Waals surface area contributed by atoms with Crippen LogP contribution in [-0.2, 0) is 6.42 Å². The van der Waals surface area contributed by atoms with Crippen LogP contribution in [0.15, 0.2) is 24.3 Å². The Morgan fingerprint density at radius 1 is 1.29 bits per heavy atom. The van der Waals surface area contributed by atoms with Crippen molar-refractivity contribution in [3.8, 4) is 0 Å². The standard InChI is InChI=1S/C16H21ClN2O2/c17-14-4-2-1-3-11(14)7-8-18-16(21)19-9-12-5-6-13(10-19)15(12)20/h1-4,12-13,15,20H,5-10H2,(H,18,21). The molecular weight excluding hydrogens is 288 g/mol. The van der Waals surface area contributed by atoms with Crippen molar-refractivity contribution < 1.29 is 9.90 Å². The first kappa shape index (κ1) is 14.7. The Kier molecular flexibility index (Phi) is 4.36. The third kappa shape index (κ3) is 3.16. The molecule has 1 aliphatic heterocycles. The monoisotopic (exact) mass is 308 g/mol. The Hall–Kier alpha value is -1.26. The summed E-state index contributed by atoms with van der Waals surface area (Å²) in [6, 6.07) is 7.67. The van der Waals surface area contributed by atoms with Gasteiger partial charge < -0.3 is 15.3 Å². The fraction of sp³-hybridized carbons (Fsp3) is 0.562. The summed E-state index contributed by atoms with van der Waals surface area (Å²) in [5, 5.41) is 13.7. The van der Waals surface area contributed by atoms with E-state index >= 15 is 0 Å². The van der Waals surface area contributed by atoms with Crippen molar-refractivity contribution in [1.82, 2.24) is 10.2 Å². The molecule has 2 unspecified atom stereocenters. The Labute approximate surface area is 130 Å². The molecule has 4 nitrogen and oxygen atoms in total. The summed E-state index contributed by atoms with van der Waals surface area (Å²) in [5.41, 5.74) is 1.05. The van der Waals surface area contributed by atoms with Crippen LogP contribution in [0.4, 0.5) is 4.79 Å². The number of halogens is 1. The highest BCUT2D eigenvalue weighted by molar-refractivity contribution is 6.31. The van der Waals surface area contributed by atoms with Crippen LogP contribution in [0.2, 0.25) is 5.02 Å². The molecule has 114 valence electrons. The van der Waals surface area contributed by atoms with Gasteiger partial charge in [0.2, 0.25) is 0 Å². The van der Waals surface area contributed by atoms with Gasteiger partial charge in [-0.2, -0.15) is 0 Å². The number of carbonyl (C=O) groups excluding carboxylic acids is 1. The number of amides is 2. The van der Waals surface area contributed by atoms with Crippen LogP contribution < -0.4 is 5.32 Å².